The zero-order valence-electron chi connectivity index (χ0n) is 18.8. The van der Waals surface area contributed by atoms with Gasteiger partial charge in [-0.25, -0.2) is 0 Å². The van der Waals surface area contributed by atoms with Crippen molar-refractivity contribution in [2.45, 2.75) is 40.2 Å². The molecule has 29 heavy (non-hydrogen) atoms. The van der Waals surface area contributed by atoms with Crippen molar-refractivity contribution in [2.75, 3.05) is 58.3 Å². The van der Waals surface area contributed by atoms with Gasteiger partial charge >= 0.3 is 0 Å². The van der Waals surface area contributed by atoms with Gasteiger partial charge in [0.15, 0.2) is 13.1 Å². The number of nitrogens with one attached hydrogen (secondary N) is 4. The lowest BCUT2D eigenvalue weighted by molar-refractivity contribution is -0.954. The second-order valence-electron chi connectivity index (χ2n) is 9.01. The molecule has 0 aliphatic carbocycles. The van der Waals surface area contributed by atoms with Crippen LogP contribution in [0.3, 0.4) is 0 Å². The number of morpholine rings is 1. The van der Waals surface area contributed by atoms with Crippen LogP contribution >= 0.6 is 0 Å². The number of benzene rings is 1. The predicted octanol–water partition coefficient (Wildman–Crippen LogP) is -1.13. The van der Waals surface area contributed by atoms with E-state index in [0.717, 1.165) is 48.0 Å². The number of hydrogen-bond acceptors (Lipinski definition) is 3. The summed E-state index contributed by atoms with van der Waals surface area (Å²) in [6.07, 6.45) is 0. The molecule has 1 atom stereocenters. The highest BCUT2D eigenvalue weighted by molar-refractivity contribution is 5.93. The molecule has 1 fully saturated rings. The fourth-order valence-electron chi connectivity index (χ4n) is 3.97. The summed E-state index contributed by atoms with van der Waals surface area (Å²) in [5.41, 5.74) is 4.12. The maximum atomic E-state index is 12.4. The number of ether oxygens (including phenoxy) is 1. The molecule has 2 amide bonds. The fourth-order valence-corrected chi connectivity index (χ4v) is 3.97. The van der Waals surface area contributed by atoms with Crippen LogP contribution in [0.4, 0.5) is 5.69 Å². The van der Waals surface area contributed by atoms with E-state index in [1.54, 1.807) is 0 Å². The van der Waals surface area contributed by atoms with Crippen molar-refractivity contribution >= 4 is 17.5 Å². The standard InChI is InChI=1S/C22H36N4O3/c1-16-11-17(2)21(18(3)12-16)24-20(28)14-25(6)13-19(27)23-15-22(4,5)26-7-9-29-10-8-26/h11-12H,7-10,13-15H2,1-6H3,(H,23,27)(H,24,28)/p+2. The van der Waals surface area contributed by atoms with E-state index in [1.807, 2.05) is 27.8 Å². The quantitative estimate of drug-likeness (QED) is 0.442. The molecule has 0 aromatic heterocycles. The number of amides is 2. The van der Waals surface area contributed by atoms with Crippen molar-refractivity contribution in [3.05, 3.63) is 28.8 Å². The van der Waals surface area contributed by atoms with Gasteiger partial charge in [0, 0.05) is 5.69 Å². The summed E-state index contributed by atoms with van der Waals surface area (Å²) in [7, 11) is 1.87. The fraction of sp³-hybridized carbons (Fsp3) is 0.636. The third-order valence-corrected chi connectivity index (χ3v) is 5.65. The topological polar surface area (TPSA) is 76.3 Å². The first-order chi connectivity index (χ1) is 13.6. The van der Waals surface area contributed by atoms with E-state index in [1.165, 1.54) is 10.5 Å². The summed E-state index contributed by atoms with van der Waals surface area (Å²) in [5.74, 6) is -0.109. The van der Waals surface area contributed by atoms with Crippen molar-refractivity contribution in [2.24, 2.45) is 0 Å². The van der Waals surface area contributed by atoms with Crippen LogP contribution in [-0.2, 0) is 14.3 Å². The first kappa shape index (κ1) is 23.3. The minimum absolute atomic E-state index is 0.0290. The smallest absolute Gasteiger partial charge is 0.279 e. The Kier molecular flexibility index (Phi) is 8.19. The predicted molar refractivity (Wildman–Crippen MR) is 115 cm³/mol. The Morgan fingerprint density at radius 2 is 1.62 bits per heavy atom. The molecule has 0 bridgehead atoms. The molecule has 1 aliphatic heterocycles. The van der Waals surface area contributed by atoms with Crippen LogP contribution in [0.1, 0.15) is 30.5 Å². The molecule has 1 aromatic rings. The average Bonchev–Trinajstić information content (AvgIpc) is 2.63. The third-order valence-electron chi connectivity index (χ3n) is 5.65. The molecule has 7 heteroatoms. The molecule has 7 nitrogen and oxygen atoms in total. The number of hydrogen-bond donors (Lipinski definition) is 4. The van der Waals surface area contributed by atoms with Crippen LogP contribution < -0.4 is 20.4 Å². The molecule has 1 unspecified atom stereocenters. The number of carbonyl (C=O) groups is 2. The summed E-state index contributed by atoms with van der Waals surface area (Å²) in [6.45, 7) is 15.0. The second kappa shape index (κ2) is 10.2. The second-order valence-corrected chi connectivity index (χ2v) is 9.01. The number of likely N-dealkylation sites (N-methyl/N-ethyl adjacent to an activating group) is 1. The van der Waals surface area contributed by atoms with Crippen molar-refractivity contribution in [3.63, 3.8) is 0 Å². The summed E-state index contributed by atoms with van der Waals surface area (Å²) in [5, 5.41) is 6.05. The average molecular weight is 407 g/mol. The molecule has 1 heterocycles. The van der Waals surface area contributed by atoms with Crippen LogP contribution in [0.2, 0.25) is 0 Å². The number of carbonyl (C=O) groups excluding carboxylic acids is 2. The minimum Gasteiger partial charge on any atom is -0.370 e. The lowest BCUT2D eigenvalue weighted by Crippen LogP contribution is -3.22. The van der Waals surface area contributed by atoms with E-state index >= 15 is 0 Å². The Bertz CT molecular complexity index is 704. The molecule has 4 N–H and O–H groups in total. The van der Waals surface area contributed by atoms with Gasteiger partial charge in [-0.2, -0.15) is 0 Å². The van der Waals surface area contributed by atoms with Crippen LogP contribution in [0, 0.1) is 20.8 Å². The summed E-state index contributed by atoms with van der Waals surface area (Å²) >= 11 is 0. The minimum atomic E-state index is -0.0801. The van der Waals surface area contributed by atoms with Gasteiger partial charge < -0.3 is 25.2 Å². The van der Waals surface area contributed by atoms with Gasteiger partial charge in [0.05, 0.1) is 26.8 Å². The Labute approximate surface area is 174 Å². The van der Waals surface area contributed by atoms with E-state index in [4.69, 9.17) is 4.74 Å². The monoisotopic (exact) mass is 406 g/mol. The summed E-state index contributed by atoms with van der Waals surface area (Å²) in [4.78, 5) is 27.1. The number of quaternary nitrogens is 2. The van der Waals surface area contributed by atoms with Crippen LogP contribution in [0.15, 0.2) is 12.1 Å². The first-order valence-electron chi connectivity index (χ1n) is 10.5. The van der Waals surface area contributed by atoms with Crippen molar-refractivity contribution in [3.8, 4) is 0 Å². The Morgan fingerprint density at radius 1 is 1.07 bits per heavy atom. The third kappa shape index (κ3) is 7.10. The molecule has 0 saturated carbocycles. The molecular weight excluding hydrogens is 368 g/mol. The van der Waals surface area contributed by atoms with Crippen molar-refractivity contribution < 1.29 is 24.1 Å². The van der Waals surface area contributed by atoms with E-state index < -0.39 is 0 Å². The molecule has 1 aromatic carbocycles. The Morgan fingerprint density at radius 3 is 2.21 bits per heavy atom. The Balaban J connectivity index is 1.78. The van der Waals surface area contributed by atoms with Crippen LogP contribution in [-0.4, -0.2) is 70.3 Å². The van der Waals surface area contributed by atoms with Gasteiger partial charge in [0.25, 0.3) is 11.8 Å². The lowest BCUT2D eigenvalue weighted by Gasteiger charge is -2.37. The highest BCUT2D eigenvalue weighted by Gasteiger charge is 2.32. The first-order valence-corrected chi connectivity index (χ1v) is 10.5. The SMILES string of the molecule is Cc1cc(C)c(NC(=O)C[NH+](C)CC(=O)NCC(C)(C)[NH+]2CCOCC2)c(C)c1. The van der Waals surface area contributed by atoms with E-state index in [0.29, 0.717) is 6.54 Å². The van der Waals surface area contributed by atoms with Gasteiger partial charge in [-0.1, -0.05) is 17.7 Å². The van der Waals surface area contributed by atoms with Gasteiger partial charge in [0.2, 0.25) is 0 Å². The molecule has 0 spiro atoms. The maximum absolute atomic E-state index is 12.4. The van der Waals surface area contributed by atoms with E-state index in [9.17, 15) is 9.59 Å². The zero-order valence-corrected chi connectivity index (χ0v) is 18.8. The summed E-state index contributed by atoms with van der Waals surface area (Å²) < 4.78 is 5.42. The highest BCUT2D eigenvalue weighted by Crippen LogP contribution is 2.21. The van der Waals surface area contributed by atoms with Gasteiger partial charge in [0.1, 0.15) is 18.6 Å². The van der Waals surface area contributed by atoms with Gasteiger partial charge in [-0.3, -0.25) is 9.59 Å². The number of aryl methyl sites for hydroxylation is 3. The highest BCUT2D eigenvalue weighted by atomic mass is 16.5. The number of anilines is 1. The molecule has 162 valence electrons. The van der Waals surface area contributed by atoms with Crippen molar-refractivity contribution in [1.29, 1.82) is 0 Å². The van der Waals surface area contributed by atoms with E-state index in [2.05, 4.69) is 36.6 Å². The summed E-state index contributed by atoms with van der Waals surface area (Å²) in [6, 6.07) is 4.12. The molecule has 1 aliphatic rings. The molecular formula is C22H38N4O3+2. The molecule has 2 rings (SSSR count). The van der Waals surface area contributed by atoms with Gasteiger partial charge in [-0.15, -0.1) is 0 Å². The number of rotatable bonds is 8. The maximum Gasteiger partial charge on any atom is 0.279 e. The van der Waals surface area contributed by atoms with Crippen molar-refractivity contribution in [1.82, 2.24) is 5.32 Å². The Hall–Kier alpha value is -1.96. The lowest BCUT2D eigenvalue weighted by atomic mass is 10.0. The zero-order chi connectivity index (χ0) is 21.6. The molecule has 1 saturated heterocycles. The van der Waals surface area contributed by atoms with E-state index in [-0.39, 0.29) is 30.4 Å². The normalized spacial score (nSPS) is 16.3. The van der Waals surface area contributed by atoms with Crippen LogP contribution in [0.5, 0.6) is 0 Å². The van der Waals surface area contributed by atoms with Crippen LogP contribution in [0.25, 0.3) is 0 Å². The largest absolute Gasteiger partial charge is 0.370 e. The molecule has 0 radical (unpaired) electrons. The van der Waals surface area contributed by atoms with Gasteiger partial charge in [-0.05, 0) is 45.7 Å².